The summed E-state index contributed by atoms with van der Waals surface area (Å²) in [7, 11) is 0. The van der Waals surface area contributed by atoms with Crippen molar-refractivity contribution in [3.8, 4) is 0 Å². The van der Waals surface area contributed by atoms with E-state index in [1.165, 1.54) is 6.21 Å². The van der Waals surface area contributed by atoms with Crippen molar-refractivity contribution in [1.29, 1.82) is 5.41 Å². The van der Waals surface area contributed by atoms with Gasteiger partial charge in [0.15, 0.2) is 0 Å². The largest absolute Gasteiger partial charge is 0.401 e. The number of rotatable bonds is 2. The molecule has 15 heavy (non-hydrogen) atoms. The van der Waals surface area contributed by atoms with E-state index in [4.69, 9.17) is 11.1 Å². The van der Waals surface area contributed by atoms with Crippen molar-refractivity contribution in [2.75, 3.05) is 0 Å². The third kappa shape index (κ3) is 1.85. The lowest BCUT2D eigenvalue weighted by Gasteiger charge is -2.43. The molecule has 0 radical (unpaired) electrons. The van der Waals surface area contributed by atoms with Crippen LogP contribution < -0.4 is 5.73 Å². The van der Waals surface area contributed by atoms with Crippen LogP contribution >= 0.6 is 0 Å². The number of hydrogen-bond acceptors (Lipinski definition) is 2. The number of nitrogens with two attached hydrogens (primary N) is 1. The summed E-state index contributed by atoms with van der Waals surface area (Å²) in [6.45, 7) is 8.58. The lowest BCUT2D eigenvalue weighted by atomic mass is 9.62. The summed E-state index contributed by atoms with van der Waals surface area (Å²) in [5.74, 6) is 0.976. The molecule has 1 rings (SSSR count). The number of nitrogens with one attached hydrogen (secondary N) is 1. The normalized spacial score (nSPS) is 37.3. The molecular weight excluding hydrogens is 184 g/mol. The smallest absolute Gasteiger partial charge is 0.0224 e. The fourth-order valence-electron chi connectivity index (χ4n) is 2.39. The Balaban J connectivity index is 3.19. The van der Waals surface area contributed by atoms with Crippen molar-refractivity contribution in [3.63, 3.8) is 0 Å². The summed E-state index contributed by atoms with van der Waals surface area (Å²) < 4.78 is 0. The van der Waals surface area contributed by atoms with Crippen LogP contribution in [0.15, 0.2) is 23.4 Å². The minimum absolute atomic E-state index is 0.00359. The van der Waals surface area contributed by atoms with E-state index in [0.29, 0.717) is 11.8 Å². The van der Waals surface area contributed by atoms with Crippen LogP contribution in [-0.4, -0.2) is 6.21 Å². The molecule has 0 aromatic carbocycles. The van der Waals surface area contributed by atoms with Gasteiger partial charge in [0, 0.05) is 17.3 Å². The Hall–Kier alpha value is -1.05. The van der Waals surface area contributed by atoms with Crippen molar-refractivity contribution in [2.45, 2.75) is 34.1 Å². The zero-order valence-corrected chi connectivity index (χ0v) is 10.2. The first-order valence-electron chi connectivity index (χ1n) is 5.58. The van der Waals surface area contributed by atoms with Crippen molar-refractivity contribution >= 4 is 6.21 Å². The third-order valence-corrected chi connectivity index (χ3v) is 4.11. The highest BCUT2D eigenvalue weighted by molar-refractivity contribution is 5.76. The number of allylic oxidation sites excluding steroid dienone is 4. The highest BCUT2D eigenvalue weighted by Crippen LogP contribution is 2.46. The molecule has 0 saturated carbocycles. The molecule has 84 valence electrons. The van der Waals surface area contributed by atoms with Gasteiger partial charge in [0.2, 0.25) is 0 Å². The minimum Gasteiger partial charge on any atom is -0.401 e. The summed E-state index contributed by atoms with van der Waals surface area (Å²) in [4.78, 5) is 0. The molecule has 3 N–H and O–H groups in total. The molecule has 0 aliphatic heterocycles. The Labute approximate surface area is 92.8 Å². The van der Waals surface area contributed by atoms with Crippen molar-refractivity contribution in [1.82, 2.24) is 0 Å². The molecule has 1 unspecified atom stereocenters. The second-order valence-electron chi connectivity index (χ2n) is 4.88. The van der Waals surface area contributed by atoms with Gasteiger partial charge in [0.05, 0.1) is 0 Å². The molecule has 0 aromatic heterocycles. The van der Waals surface area contributed by atoms with Crippen LogP contribution in [0.3, 0.4) is 0 Å². The minimum atomic E-state index is -0.00359. The highest BCUT2D eigenvalue weighted by Gasteiger charge is 2.40. The van der Waals surface area contributed by atoms with Gasteiger partial charge in [-0.05, 0) is 30.8 Å². The predicted molar refractivity (Wildman–Crippen MR) is 65.9 cm³/mol. The molecule has 2 nitrogen and oxygen atoms in total. The summed E-state index contributed by atoms with van der Waals surface area (Å²) in [6.07, 6.45) is 6.92. The van der Waals surface area contributed by atoms with Crippen LogP contribution in [0.5, 0.6) is 0 Å². The average molecular weight is 206 g/mol. The molecule has 0 saturated heterocycles. The number of hydrogen-bond donors (Lipinski definition) is 2. The SMILES string of the molecule is CC(C=N)=C(N)[C@@]1(C)C(C)C=CC[C@@H]1C. The Kier molecular flexibility index (Phi) is 3.38. The van der Waals surface area contributed by atoms with Gasteiger partial charge >= 0.3 is 0 Å². The van der Waals surface area contributed by atoms with E-state index in [1.54, 1.807) is 0 Å². The second-order valence-corrected chi connectivity index (χ2v) is 4.88. The van der Waals surface area contributed by atoms with E-state index in [1.807, 2.05) is 6.92 Å². The van der Waals surface area contributed by atoms with Crippen LogP contribution in [0.2, 0.25) is 0 Å². The van der Waals surface area contributed by atoms with E-state index >= 15 is 0 Å². The molecule has 0 heterocycles. The maximum Gasteiger partial charge on any atom is 0.0224 e. The average Bonchev–Trinajstić information content (AvgIpc) is 2.23. The van der Waals surface area contributed by atoms with Gasteiger partial charge < -0.3 is 11.1 Å². The molecule has 0 fully saturated rings. The van der Waals surface area contributed by atoms with Gasteiger partial charge in [-0.25, -0.2) is 0 Å². The van der Waals surface area contributed by atoms with Crippen LogP contribution in [0.25, 0.3) is 0 Å². The topological polar surface area (TPSA) is 49.9 Å². The zero-order valence-electron chi connectivity index (χ0n) is 10.2. The van der Waals surface area contributed by atoms with Crippen molar-refractivity contribution < 1.29 is 0 Å². The van der Waals surface area contributed by atoms with Crippen molar-refractivity contribution in [3.05, 3.63) is 23.4 Å². The summed E-state index contributed by atoms with van der Waals surface area (Å²) in [6, 6.07) is 0. The van der Waals surface area contributed by atoms with Gasteiger partial charge in [-0.1, -0.05) is 32.9 Å². The standard InChI is InChI=1S/C13H22N2/c1-9(8-14)12(15)13(4)10(2)6-5-7-11(13)3/h5-6,8,10-11,14H,7,15H2,1-4H3/t10?,11-,13-/m0/s1. The van der Waals surface area contributed by atoms with E-state index in [0.717, 1.165) is 17.7 Å². The fraction of sp³-hybridized carbons (Fsp3) is 0.615. The van der Waals surface area contributed by atoms with E-state index in [9.17, 15) is 0 Å². The van der Waals surface area contributed by atoms with E-state index in [2.05, 4.69) is 32.9 Å². The first-order chi connectivity index (χ1) is 6.94. The molecular formula is C13H22N2. The van der Waals surface area contributed by atoms with Crippen LogP contribution in [0.4, 0.5) is 0 Å². The maximum atomic E-state index is 7.30. The second kappa shape index (κ2) is 4.21. The maximum absolute atomic E-state index is 7.30. The van der Waals surface area contributed by atoms with Gasteiger partial charge in [-0.3, -0.25) is 0 Å². The monoisotopic (exact) mass is 206 g/mol. The van der Waals surface area contributed by atoms with Crippen LogP contribution in [0, 0.1) is 22.7 Å². The molecule has 2 heteroatoms. The van der Waals surface area contributed by atoms with E-state index in [-0.39, 0.29) is 5.41 Å². The molecule has 3 atom stereocenters. The molecule has 0 amide bonds. The molecule has 0 spiro atoms. The lowest BCUT2D eigenvalue weighted by molar-refractivity contribution is 0.179. The highest BCUT2D eigenvalue weighted by atomic mass is 14.7. The zero-order chi connectivity index (χ0) is 11.6. The summed E-state index contributed by atoms with van der Waals surface area (Å²) in [5.41, 5.74) is 7.98. The summed E-state index contributed by atoms with van der Waals surface area (Å²) in [5, 5.41) is 7.30. The van der Waals surface area contributed by atoms with Crippen molar-refractivity contribution in [2.24, 2.45) is 23.0 Å². The molecule has 1 aliphatic rings. The van der Waals surface area contributed by atoms with E-state index < -0.39 is 0 Å². The first-order valence-corrected chi connectivity index (χ1v) is 5.58. The van der Waals surface area contributed by atoms with Crippen LogP contribution in [0.1, 0.15) is 34.1 Å². The molecule has 1 aliphatic carbocycles. The van der Waals surface area contributed by atoms with Gasteiger partial charge in [-0.2, -0.15) is 0 Å². The predicted octanol–water partition coefficient (Wildman–Crippen LogP) is 3.11. The quantitative estimate of drug-likeness (QED) is 0.529. The Morgan fingerprint density at radius 1 is 1.53 bits per heavy atom. The van der Waals surface area contributed by atoms with Crippen LogP contribution in [-0.2, 0) is 0 Å². The molecule has 0 bridgehead atoms. The Morgan fingerprint density at radius 2 is 2.13 bits per heavy atom. The lowest BCUT2D eigenvalue weighted by Crippen LogP contribution is -2.39. The Bertz CT molecular complexity index is 314. The summed E-state index contributed by atoms with van der Waals surface area (Å²) >= 11 is 0. The van der Waals surface area contributed by atoms with Gasteiger partial charge in [0.1, 0.15) is 0 Å². The molecule has 0 aromatic rings. The third-order valence-electron chi connectivity index (χ3n) is 4.11. The van der Waals surface area contributed by atoms with Gasteiger partial charge in [-0.15, -0.1) is 0 Å². The first kappa shape index (κ1) is 12.0. The van der Waals surface area contributed by atoms with Gasteiger partial charge in [0.25, 0.3) is 0 Å². The Morgan fingerprint density at radius 3 is 2.60 bits per heavy atom. The fourth-order valence-corrected chi connectivity index (χ4v) is 2.39.